The molecular weight excluding hydrogens is 262 g/mol. The second-order valence-electron chi connectivity index (χ2n) is 4.84. The van der Waals surface area contributed by atoms with Crippen molar-refractivity contribution in [3.8, 4) is 5.75 Å². The number of hydroxylamine groups is 1. The molecule has 0 aliphatic carbocycles. The van der Waals surface area contributed by atoms with E-state index in [1.54, 1.807) is 11.1 Å². The molecule has 2 aromatic carbocycles. The minimum absolute atomic E-state index is 0.212. The smallest absolute Gasteiger partial charge is 0.137 e. The Balaban J connectivity index is 1.88. The summed E-state index contributed by atoms with van der Waals surface area (Å²) >= 11 is 0. The monoisotopic (exact) mass is 283 g/mol. The SMILES string of the molecule is C=CC(COc1ccc(C)cc1)ON(C)c1ccccc1. The molecule has 0 spiro atoms. The lowest BCUT2D eigenvalue weighted by Crippen LogP contribution is -2.29. The summed E-state index contributed by atoms with van der Waals surface area (Å²) in [7, 11) is 1.87. The largest absolute Gasteiger partial charge is 0.490 e. The van der Waals surface area contributed by atoms with Crippen LogP contribution in [0.4, 0.5) is 5.69 Å². The Bertz CT molecular complexity index is 551. The summed E-state index contributed by atoms with van der Waals surface area (Å²) in [5.74, 6) is 0.832. The third-order valence-electron chi connectivity index (χ3n) is 3.11. The first-order valence-corrected chi connectivity index (χ1v) is 6.96. The van der Waals surface area contributed by atoms with Gasteiger partial charge in [-0.1, -0.05) is 42.0 Å². The highest BCUT2D eigenvalue weighted by Crippen LogP contribution is 2.15. The molecule has 0 fully saturated rings. The van der Waals surface area contributed by atoms with Gasteiger partial charge in [-0.25, -0.2) is 0 Å². The first kappa shape index (κ1) is 15.1. The van der Waals surface area contributed by atoms with Gasteiger partial charge in [0.1, 0.15) is 18.5 Å². The molecular formula is C18H21NO2. The third kappa shape index (κ3) is 4.65. The second kappa shape index (κ2) is 7.50. The fourth-order valence-electron chi connectivity index (χ4n) is 1.86. The lowest BCUT2D eigenvalue weighted by molar-refractivity contribution is 0.0411. The Morgan fingerprint density at radius 3 is 2.38 bits per heavy atom. The van der Waals surface area contributed by atoms with Crippen LogP contribution in [0, 0.1) is 6.92 Å². The van der Waals surface area contributed by atoms with Crippen LogP contribution in [0.15, 0.2) is 67.3 Å². The van der Waals surface area contributed by atoms with Crippen LogP contribution in [0.5, 0.6) is 5.75 Å². The van der Waals surface area contributed by atoms with E-state index in [-0.39, 0.29) is 6.10 Å². The molecule has 0 heterocycles. The van der Waals surface area contributed by atoms with E-state index < -0.39 is 0 Å². The summed E-state index contributed by atoms with van der Waals surface area (Å²) in [6.07, 6.45) is 1.53. The van der Waals surface area contributed by atoms with Gasteiger partial charge in [-0.05, 0) is 31.2 Å². The van der Waals surface area contributed by atoms with Gasteiger partial charge in [0.2, 0.25) is 0 Å². The molecule has 0 saturated heterocycles. The average molecular weight is 283 g/mol. The summed E-state index contributed by atoms with van der Waals surface area (Å²) in [4.78, 5) is 5.82. The van der Waals surface area contributed by atoms with E-state index in [1.807, 2.05) is 68.6 Å². The van der Waals surface area contributed by atoms with Gasteiger partial charge in [0.15, 0.2) is 0 Å². The molecule has 3 heteroatoms. The molecule has 110 valence electrons. The molecule has 0 aromatic heterocycles. The number of para-hydroxylation sites is 1. The second-order valence-corrected chi connectivity index (χ2v) is 4.84. The average Bonchev–Trinajstić information content (AvgIpc) is 2.53. The lowest BCUT2D eigenvalue weighted by atomic mass is 10.2. The van der Waals surface area contributed by atoms with Gasteiger partial charge in [0.25, 0.3) is 0 Å². The van der Waals surface area contributed by atoms with Crippen molar-refractivity contribution in [1.82, 2.24) is 0 Å². The highest BCUT2D eigenvalue weighted by molar-refractivity contribution is 5.42. The third-order valence-corrected chi connectivity index (χ3v) is 3.11. The zero-order valence-corrected chi connectivity index (χ0v) is 12.5. The van der Waals surface area contributed by atoms with Gasteiger partial charge in [-0.3, -0.25) is 9.90 Å². The summed E-state index contributed by atoms with van der Waals surface area (Å²) < 4.78 is 5.73. The lowest BCUT2D eigenvalue weighted by Gasteiger charge is -2.23. The maximum absolute atomic E-state index is 5.82. The molecule has 0 saturated carbocycles. The number of benzene rings is 2. The summed E-state index contributed by atoms with van der Waals surface area (Å²) in [6, 6.07) is 17.9. The van der Waals surface area contributed by atoms with Crippen LogP contribution in [0.3, 0.4) is 0 Å². The molecule has 0 aliphatic heterocycles. The molecule has 0 N–H and O–H groups in total. The van der Waals surface area contributed by atoms with Crippen LogP contribution in [-0.2, 0) is 4.84 Å². The van der Waals surface area contributed by atoms with Crippen LogP contribution in [0.25, 0.3) is 0 Å². The molecule has 21 heavy (non-hydrogen) atoms. The molecule has 0 bridgehead atoms. The Morgan fingerprint density at radius 2 is 1.76 bits per heavy atom. The molecule has 1 atom stereocenters. The van der Waals surface area contributed by atoms with Crippen molar-refractivity contribution < 1.29 is 9.57 Å². The number of ether oxygens (including phenoxy) is 1. The zero-order chi connectivity index (χ0) is 15.1. The van der Waals surface area contributed by atoms with Gasteiger partial charge in [-0.2, -0.15) is 0 Å². The molecule has 2 rings (SSSR count). The Labute approximate surface area is 126 Å². The van der Waals surface area contributed by atoms with Crippen LogP contribution in [0.2, 0.25) is 0 Å². The molecule has 0 aliphatic rings. The fourth-order valence-corrected chi connectivity index (χ4v) is 1.86. The maximum atomic E-state index is 5.82. The first-order chi connectivity index (χ1) is 10.2. The van der Waals surface area contributed by atoms with Gasteiger partial charge >= 0.3 is 0 Å². The van der Waals surface area contributed by atoms with E-state index in [0.29, 0.717) is 6.61 Å². The van der Waals surface area contributed by atoms with Gasteiger partial charge in [-0.15, -0.1) is 6.58 Å². The number of hydrogen-bond acceptors (Lipinski definition) is 3. The predicted molar refractivity (Wildman–Crippen MR) is 86.6 cm³/mol. The topological polar surface area (TPSA) is 21.7 Å². The van der Waals surface area contributed by atoms with Crippen molar-refractivity contribution in [1.29, 1.82) is 0 Å². The van der Waals surface area contributed by atoms with Crippen molar-refractivity contribution in [3.63, 3.8) is 0 Å². The maximum Gasteiger partial charge on any atom is 0.137 e. The highest BCUT2D eigenvalue weighted by Gasteiger charge is 2.10. The summed E-state index contributed by atoms with van der Waals surface area (Å²) in [6.45, 7) is 6.27. The van der Waals surface area contributed by atoms with Crippen molar-refractivity contribution in [2.75, 3.05) is 18.7 Å². The van der Waals surface area contributed by atoms with Crippen molar-refractivity contribution in [3.05, 3.63) is 72.8 Å². The molecule has 0 amide bonds. The fraction of sp³-hybridized carbons (Fsp3) is 0.222. The Hall–Kier alpha value is -2.26. The standard InChI is InChI=1S/C18H21NO2/c1-4-17(14-20-18-12-10-15(2)11-13-18)21-19(3)16-8-6-5-7-9-16/h4-13,17H,1,14H2,2-3H3. The highest BCUT2D eigenvalue weighted by atomic mass is 16.7. The van der Waals surface area contributed by atoms with E-state index >= 15 is 0 Å². The Morgan fingerprint density at radius 1 is 1.10 bits per heavy atom. The van der Waals surface area contributed by atoms with Gasteiger partial charge < -0.3 is 4.74 Å². The number of hydrogen-bond donors (Lipinski definition) is 0. The minimum Gasteiger partial charge on any atom is -0.490 e. The van der Waals surface area contributed by atoms with E-state index in [4.69, 9.17) is 9.57 Å². The van der Waals surface area contributed by atoms with E-state index in [0.717, 1.165) is 11.4 Å². The molecule has 3 nitrogen and oxygen atoms in total. The normalized spacial score (nSPS) is 11.7. The quantitative estimate of drug-likeness (QED) is 0.566. The molecule has 1 unspecified atom stereocenters. The number of nitrogens with zero attached hydrogens (tertiary/aromatic N) is 1. The number of rotatable bonds is 7. The van der Waals surface area contributed by atoms with Crippen LogP contribution >= 0.6 is 0 Å². The van der Waals surface area contributed by atoms with Crippen molar-refractivity contribution >= 4 is 5.69 Å². The number of aryl methyl sites for hydroxylation is 1. The molecule has 0 radical (unpaired) electrons. The Kier molecular flexibility index (Phi) is 5.41. The van der Waals surface area contributed by atoms with Crippen LogP contribution < -0.4 is 9.80 Å². The predicted octanol–water partition coefficient (Wildman–Crippen LogP) is 4.00. The van der Waals surface area contributed by atoms with Crippen LogP contribution in [-0.4, -0.2) is 19.8 Å². The number of anilines is 1. The molecule has 2 aromatic rings. The summed E-state index contributed by atoms with van der Waals surface area (Å²) in [5.41, 5.74) is 2.20. The zero-order valence-electron chi connectivity index (χ0n) is 12.5. The van der Waals surface area contributed by atoms with Crippen molar-refractivity contribution in [2.24, 2.45) is 0 Å². The van der Waals surface area contributed by atoms with Crippen molar-refractivity contribution in [2.45, 2.75) is 13.0 Å². The first-order valence-electron chi connectivity index (χ1n) is 6.96. The van der Waals surface area contributed by atoms with Crippen LogP contribution in [0.1, 0.15) is 5.56 Å². The van der Waals surface area contributed by atoms with E-state index in [9.17, 15) is 0 Å². The van der Waals surface area contributed by atoms with Gasteiger partial charge in [0, 0.05) is 7.05 Å². The van der Waals surface area contributed by atoms with E-state index in [1.165, 1.54) is 5.56 Å². The minimum atomic E-state index is -0.212. The van der Waals surface area contributed by atoms with Gasteiger partial charge in [0.05, 0.1) is 5.69 Å². The van der Waals surface area contributed by atoms with E-state index in [2.05, 4.69) is 6.58 Å². The summed E-state index contributed by atoms with van der Waals surface area (Å²) in [5, 5.41) is 1.73.